The van der Waals surface area contributed by atoms with E-state index in [0.29, 0.717) is 24.1 Å². The number of non-ortho nitro benzene ring substituents is 1. The number of amides is 4. The van der Waals surface area contributed by atoms with Crippen LogP contribution in [0.3, 0.4) is 0 Å². The largest absolute Gasteiger partial charge is 0.514 e. The molecule has 0 fully saturated rings. The van der Waals surface area contributed by atoms with Crippen LogP contribution in [0.15, 0.2) is 91.5 Å². The van der Waals surface area contributed by atoms with Crippen LogP contribution in [0.1, 0.15) is 37.3 Å². The van der Waals surface area contributed by atoms with Crippen LogP contribution in [0.2, 0.25) is 0 Å². The summed E-state index contributed by atoms with van der Waals surface area (Å²) >= 11 is 0. The van der Waals surface area contributed by atoms with Crippen LogP contribution in [-0.2, 0) is 36.9 Å². The molecule has 3 rings (SSSR count). The lowest BCUT2D eigenvalue weighted by Gasteiger charge is -2.23. The van der Waals surface area contributed by atoms with Crippen molar-refractivity contribution >= 4 is 41.3 Å². The molecule has 3 aromatic rings. The van der Waals surface area contributed by atoms with Crippen molar-refractivity contribution in [1.82, 2.24) is 16.0 Å². The van der Waals surface area contributed by atoms with Gasteiger partial charge < -0.3 is 35.5 Å². The fraction of sp³-hybridized carbons (Fsp3) is 0.286. The molecule has 3 aromatic carbocycles. The van der Waals surface area contributed by atoms with Gasteiger partial charge in [0.15, 0.2) is 0 Å². The number of hydrogen-bond acceptors (Lipinski definition) is 10. The number of unbranched alkanes of at least 4 members (excludes halogenated alkanes) is 1. The highest BCUT2D eigenvalue weighted by Gasteiger charge is 2.26. The summed E-state index contributed by atoms with van der Waals surface area (Å²) in [6.45, 7) is 4.99. The molecule has 15 nitrogen and oxygen atoms in total. The van der Waals surface area contributed by atoms with E-state index in [1.807, 2.05) is 30.3 Å². The SMILES string of the molecule is C=CCOC(=O)NCCCCC(NC(=O)C(Cc1ccccc1)NC(C)=O)C(=O)Nc1ccc(COC(=O)Oc2ccc([N+](=O)[O-])cc2)cc1. The fourth-order valence-electron chi connectivity index (χ4n) is 4.51. The van der Waals surface area contributed by atoms with Crippen molar-refractivity contribution in [3.8, 4) is 5.75 Å². The number of nitrogens with one attached hydrogen (secondary N) is 4. The van der Waals surface area contributed by atoms with Crippen LogP contribution >= 0.6 is 0 Å². The van der Waals surface area contributed by atoms with E-state index in [2.05, 4.69) is 27.8 Å². The summed E-state index contributed by atoms with van der Waals surface area (Å²) in [5, 5.41) is 21.6. The average Bonchev–Trinajstić information content (AvgIpc) is 3.09. The third-order valence-corrected chi connectivity index (χ3v) is 6.96. The lowest BCUT2D eigenvalue weighted by atomic mass is 10.0. The van der Waals surface area contributed by atoms with E-state index in [1.54, 1.807) is 24.3 Å². The number of ether oxygens (including phenoxy) is 3. The highest BCUT2D eigenvalue weighted by atomic mass is 16.7. The molecular weight excluding hydrogens is 650 g/mol. The van der Waals surface area contributed by atoms with Gasteiger partial charge in [-0.15, -0.1) is 0 Å². The van der Waals surface area contributed by atoms with E-state index in [4.69, 9.17) is 14.2 Å². The Balaban J connectivity index is 1.60. The number of hydrogen-bond donors (Lipinski definition) is 4. The summed E-state index contributed by atoms with van der Waals surface area (Å²) < 4.78 is 15.0. The molecule has 0 saturated heterocycles. The summed E-state index contributed by atoms with van der Waals surface area (Å²) in [5.74, 6) is -1.37. The third-order valence-electron chi connectivity index (χ3n) is 6.96. The van der Waals surface area contributed by atoms with Gasteiger partial charge in [-0.25, -0.2) is 9.59 Å². The molecule has 0 heterocycles. The first-order chi connectivity index (χ1) is 24.0. The minimum absolute atomic E-state index is 0.0728. The van der Waals surface area contributed by atoms with Crippen molar-refractivity contribution in [2.45, 2.75) is 51.3 Å². The number of nitrogens with zero attached hydrogens (tertiary/aromatic N) is 1. The summed E-state index contributed by atoms with van der Waals surface area (Å²) in [6, 6.07) is 18.6. The number of nitro benzene ring substituents is 1. The number of benzene rings is 3. The predicted molar refractivity (Wildman–Crippen MR) is 182 cm³/mol. The van der Waals surface area contributed by atoms with Crippen LogP contribution in [0.25, 0.3) is 0 Å². The number of nitro groups is 1. The van der Waals surface area contributed by atoms with Crippen LogP contribution in [0.5, 0.6) is 5.75 Å². The summed E-state index contributed by atoms with van der Waals surface area (Å²) in [4.78, 5) is 72.7. The molecule has 0 saturated carbocycles. The molecule has 2 unspecified atom stereocenters. The van der Waals surface area contributed by atoms with Crippen LogP contribution in [0.4, 0.5) is 21.0 Å². The van der Waals surface area contributed by atoms with E-state index in [-0.39, 0.29) is 44.0 Å². The minimum Gasteiger partial charge on any atom is -0.445 e. The molecular formula is C35H39N5O10. The lowest BCUT2D eigenvalue weighted by molar-refractivity contribution is -0.384. The van der Waals surface area contributed by atoms with Gasteiger partial charge >= 0.3 is 12.2 Å². The van der Waals surface area contributed by atoms with Crippen LogP contribution in [-0.4, -0.2) is 60.1 Å². The standard InChI is InChI=1S/C35H39N5O10/c1-3-21-48-34(44)36-20-8-7-11-30(39-33(43)31(37-24(2)41)22-25-9-5-4-6-10-25)32(42)38-27-14-12-26(13-15-27)23-49-35(45)50-29-18-16-28(17-19-29)40(46)47/h3-6,9-10,12-19,30-31H,1,7-8,11,20-23H2,2H3,(H,36,44)(H,37,41)(H,38,42)(H,39,43). The number of rotatable bonds is 18. The molecule has 0 aliphatic heterocycles. The number of carbonyl (C=O) groups excluding carboxylic acids is 5. The molecule has 0 radical (unpaired) electrons. The highest BCUT2D eigenvalue weighted by molar-refractivity contribution is 5.98. The van der Waals surface area contributed by atoms with Gasteiger partial charge in [0.05, 0.1) is 4.92 Å². The second kappa shape index (κ2) is 20.2. The molecule has 4 amide bonds. The number of alkyl carbamates (subject to hydrolysis) is 1. The molecule has 0 aliphatic rings. The van der Waals surface area contributed by atoms with Crippen molar-refractivity contribution in [1.29, 1.82) is 0 Å². The minimum atomic E-state index is -1.01. The lowest BCUT2D eigenvalue weighted by Crippen LogP contribution is -2.53. The average molecular weight is 690 g/mol. The van der Waals surface area contributed by atoms with Gasteiger partial charge in [-0.3, -0.25) is 24.5 Å². The zero-order valence-corrected chi connectivity index (χ0v) is 27.4. The van der Waals surface area contributed by atoms with E-state index >= 15 is 0 Å². The van der Waals surface area contributed by atoms with Gasteiger partial charge in [0.2, 0.25) is 17.7 Å². The predicted octanol–water partition coefficient (Wildman–Crippen LogP) is 4.56. The smallest absolute Gasteiger partial charge is 0.445 e. The van der Waals surface area contributed by atoms with Gasteiger partial charge in [-0.2, -0.15) is 0 Å². The molecule has 264 valence electrons. The van der Waals surface area contributed by atoms with Crippen molar-refractivity contribution in [3.05, 3.63) is 113 Å². The van der Waals surface area contributed by atoms with Crippen LogP contribution < -0.4 is 26.0 Å². The first-order valence-electron chi connectivity index (χ1n) is 15.7. The topological polar surface area (TPSA) is 204 Å². The van der Waals surface area contributed by atoms with Gasteiger partial charge in [-0.1, -0.05) is 55.1 Å². The van der Waals surface area contributed by atoms with Crippen molar-refractivity contribution in [2.75, 3.05) is 18.5 Å². The van der Waals surface area contributed by atoms with Gasteiger partial charge in [0, 0.05) is 37.7 Å². The maximum absolute atomic E-state index is 13.4. The van der Waals surface area contributed by atoms with Gasteiger partial charge in [-0.05, 0) is 54.7 Å². The van der Waals surface area contributed by atoms with E-state index in [1.165, 1.54) is 37.3 Å². The third kappa shape index (κ3) is 13.9. The van der Waals surface area contributed by atoms with E-state index in [9.17, 15) is 34.1 Å². The van der Waals surface area contributed by atoms with Crippen molar-refractivity contribution < 1.29 is 43.1 Å². The normalized spacial score (nSPS) is 11.5. The Hall–Kier alpha value is -6.25. The molecule has 4 N–H and O–H groups in total. The summed E-state index contributed by atoms with van der Waals surface area (Å²) in [6.07, 6.45) is 1.22. The number of carbonyl (C=O) groups is 5. The molecule has 50 heavy (non-hydrogen) atoms. The Morgan fingerprint density at radius 2 is 1.54 bits per heavy atom. The van der Waals surface area contributed by atoms with E-state index < -0.39 is 47.0 Å². The molecule has 0 bridgehead atoms. The first kappa shape index (κ1) is 38.2. The van der Waals surface area contributed by atoms with Crippen molar-refractivity contribution in [3.63, 3.8) is 0 Å². The van der Waals surface area contributed by atoms with Crippen molar-refractivity contribution in [2.24, 2.45) is 0 Å². The molecule has 0 aromatic heterocycles. The Kier molecular flexibility index (Phi) is 15.4. The highest BCUT2D eigenvalue weighted by Crippen LogP contribution is 2.18. The second-order valence-corrected chi connectivity index (χ2v) is 10.9. The zero-order valence-electron chi connectivity index (χ0n) is 27.4. The quantitative estimate of drug-likeness (QED) is 0.0366. The molecule has 15 heteroatoms. The Morgan fingerprint density at radius 3 is 2.18 bits per heavy atom. The Labute approximate surface area is 288 Å². The Bertz CT molecular complexity index is 1620. The summed E-state index contributed by atoms with van der Waals surface area (Å²) in [7, 11) is 0. The molecule has 0 spiro atoms. The Morgan fingerprint density at radius 1 is 0.840 bits per heavy atom. The molecule has 0 aliphatic carbocycles. The van der Waals surface area contributed by atoms with Crippen LogP contribution in [0, 0.1) is 10.1 Å². The first-order valence-corrected chi connectivity index (χ1v) is 15.7. The van der Waals surface area contributed by atoms with Gasteiger partial charge in [0.1, 0.15) is 31.0 Å². The fourth-order valence-corrected chi connectivity index (χ4v) is 4.51. The van der Waals surface area contributed by atoms with E-state index in [0.717, 1.165) is 5.56 Å². The number of anilines is 1. The second-order valence-electron chi connectivity index (χ2n) is 10.9. The maximum Gasteiger partial charge on any atom is 0.514 e. The monoisotopic (exact) mass is 689 g/mol. The summed E-state index contributed by atoms with van der Waals surface area (Å²) in [5.41, 5.74) is 1.65. The maximum atomic E-state index is 13.4. The zero-order chi connectivity index (χ0) is 36.3. The van der Waals surface area contributed by atoms with Gasteiger partial charge in [0.25, 0.3) is 5.69 Å². The molecule has 2 atom stereocenters.